The Hall–Kier alpha value is -2.25. The zero-order chi connectivity index (χ0) is 17.4. The highest BCUT2D eigenvalue weighted by Crippen LogP contribution is 2.26. The molecule has 0 unspecified atom stereocenters. The van der Waals surface area contributed by atoms with E-state index in [0.717, 1.165) is 47.0 Å². The number of hydrogen-bond acceptors (Lipinski definition) is 5. The lowest BCUT2D eigenvalue weighted by molar-refractivity contribution is 0.102. The van der Waals surface area contributed by atoms with Crippen LogP contribution in [0.1, 0.15) is 34.2 Å². The minimum atomic E-state index is -0.109. The smallest absolute Gasteiger partial charge is 0.256 e. The van der Waals surface area contributed by atoms with Gasteiger partial charge in [0.25, 0.3) is 5.91 Å². The third-order valence-electron chi connectivity index (χ3n) is 4.70. The summed E-state index contributed by atoms with van der Waals surface area (Å²) in [7, 11) is 2.14. The maximum absolute atomic E-state index is 12.7. The number of benzene rings is 1. The molecule has 1 saturated heterocycles. The van der Waals surface area contributed by atoms with Gasteiger partial charge in [-0.3, -0.25) is 4.79 Å². The number of nitrogens with one attached hydrogen (secondary N) is 1. The van der Waals surface area contributed by atoms with Crippen molar-refractivity contribution in [1.29, 1.82) is 0 Å². The van der Waals surface area contributed by atoms with Crippen molar-refractivity contribution in [1.82, 2.24) is 19.7 Å². The number of aryl methyl sites for hydroxylation is 1. The first-order valence-electron chi connectivity index (χ1n) is 8.51. The van der Waals surface area contributed by atoms with Crippen molar-refractivity contribution >= 4 is 33.3 Å². The van der Waals surface area contributed by atoms with Gasteiger partial charge in [0.1, 0.15) is 5.82 Å². The summed E-state index contributed by atoms with van der Waals surface area (Å²) in [6, 6.07) is 7.85. The zero-order valence-corrected chi connectivity index (χ0v) is 15.2. The molecule has 1 aliphatic rings. The van der Waals surface area contributed by atoms with E-state index in [2.05, 4.69) is 27.3 Å². The predicted molar refractivity (Wildman–Crippen MR) is 100 cm³/mol. The zero-order valence-electron chi connectivity index (χ0n) is 14.4. The number of anilines is 1. The number of nitrogens with zero attached hydrogens (tertiary/aromatic N) is 4. The fourth-order valence-corrected chi connectivity index (χ4v) is 4.18. The quantitative estimate of drug-likeness (QED) is 0.783. The number of aromatic nitrogens is 3. The van der Waals surface area contributed by atoms with Gasteiger partial charge < -0.3 is 10.2 Å². The lowest BCUT2D eigenvalue weighted by Gasteiger charge is -2.30. The third-order valence-corrected chi connectivity index (χ3v) is 5.64. The second kappa shape index (κ2) is 6.57. The highest BCUT2D eigenvalue weighted by atomic mass is 32.1. The van der Waals surface area contributed by atoms with Gasteiger partial charge in [-0.15, -0.1) is 11.3 Å². The number of amides is 1. The fourth-order valence-electron chi connectivity index (χ4n) is 3.31. The Morgan fingerprint density at radius 1 is 1.28 bits per heavy atom. The van der Waals surface area contributed by atoms with Crippen molar-refractivity contribution in [3.8, 4) is 0 Å². The van der Waals surface area contributed by atoms with Crippen LogP contribution in [0.25, 0.3) is 10.2 Å². The highest BCUT2D eigenvalue weighted by molar-refractivity contribution is 7.18. The van der Waals surface area contributed by atoms with Gasteiger partial charge in [-0.2, -0.15) is 5.10 Å². The lowest BCUT2D eigenvalue weighted by Crippen LogP contribution is -2.32. The van der Waals surface area contributed by atoms with Gasteiger partial charge in [-0.1, -0.05) is 0 Å². The van der Waals surface area contributed by atoms with Gasteiger partial charge in [-0.25, -0.2) is 9.67 Å². The Bertz CT molecular complexity index is 907. The van der Waals surface area contributed by atoms with E-state index < -0.39 is 0 Å². The Kier molecular flexibility index (Phi) is 4.27. The summed E-state index contributed by atoms with van der Waals surface area (Å²) in [5.74, 6) is 0.655. The molecule has 1 N–H and O–H groups in total. The maximum Gasteiger partial charge on any atom is 0.256 e. The molecule has 4 rings (SSSR count). The van der Waals surface area contributed by atoms with Gasteiger partial charge in [0.05, 0.1) is 27.5 Å². The third kappa shape index (κ3) is 3.29. The fraction of sp³-hybridized carbons (Fsp3) is 0.389. The molecule has 7 heteroatoms. The van der Waals surface area contributed by atoms with Gasteiger partial charge in [0.2, 0.25) is 0 Å². The topological polar surface area (TPSA) is 63.1 Å². The molecule has 130 valence electrons. The van der Waals surface area contributed by atoms with E-state index in [-0.39, 0.29) is 5.91 Å². The molecule has 0 atom stereocenters. The molecule has 0 bridgehead atoms. The first kappa shape index (κ1) is 16.2. The van der Waals surface area contributed by atoms with Crippen LogP contribution < -0.4 is 5.32 Å². The number of hydrogen-bond donors (Lipinski definition) is 1. The van der Waals surface area contributed by atoms with Crippen LogP contribution in [0, 0.1) is 6.92 Å². The van der Waals surface area contributed by atoms with E-state index in [1.165, 1.54) is 0 Å². The second-order valence-electron chi connectivity index (χ2n) is 6.56. The maximum atomic E-state index is 12.7. The van der Waals surface area contributed by atoms with Crippen molar-refractivity contribution in [2.75, 3.05) is 25.5 Å². The number of carbonyl (C=O) groups excluding carboxylic acids is 1. The summed E-state index contributed by atoms with van der Waals surface area (Å²) in [4.78, 5) is 19.4. The molecule has 0 spiro atoms. The predicted octanol–water partition coefficient (Wildman–Crippen LogP) is 3.32. The molecule has 1 amide bonds. The average molecular weight is 355 g/mol. The van der Waals surface area contributed by atoms with Crippen LogP contribution in [0.3, 0.4) is 0 Å². The number of fused-ring (bicyclic) bond motifs is 1. The van der Waals surface area contributed by atoms with Gasteiger partial charge in [0.15, 0.2) is 0 Å². The SMILES string of the molecule is Cc1nc2ccc(C(=O)Nc3ccnn3C3CCN(C)CC3)cc2s1. The molecule has 3 aromatic rings. The number of carbonyl (C=O) groups is 1. The molecule has 1 fully saturated rings. The first-order valence-corrected chi connectivity index (χ1v) is 9.32. The largest absolute Gasteiger partial charge is 0.307 e. The van der Waals surface area contributed by atoms with Gasteiger partial charge in [-0.05, 0) is 58.1 Å². The van der Waals surface area contributed by atoms with Gasteiger partial charge >= 0.3 is 0 Å². The Morgan fingerprint density at radius 2 is 2.08 bits per heavy atom. The summed E-state index contributed by atoms with van der Waals surface area (Å²) >= 11 is 1.60. The molecule has 1 aromatic carbocycles. The van der Waals surface area contributed by atoms with Crippen LogP contribution in [0.15, 0.2) is 30.5 Å². The van der Waals surface area contributed by atoms with Crippen molar-refractivity contribution < 1.29 is 4.79 Å². The van der Waals surface area contributed by atoms with Crippen LogP contribution in [0.2, 0.25) is 0 Å². The van der Waals surface area contributed by atoms with E-state index in [1.54, 1.807) is 17.5 Å². The first-order chi connectivity index (χ1) is 12.1. The van der Waals surface area contributed by atoms with Crippen LogP contribution in [0.5, 0.6) is 0 Å². The Labute approximate surface area is 150 Å². The van der Waals surface area contributed by atoms with E-state index in [4.69, 9.17) is 0 Å². The van der Waals surface area contributed by atoms with E-state index >= 15 is 0 Å². The normalized spacial score (nSPS) is 16.4. The molecule has 0 aliphatic carbocycles. The monoisotopic (exact) mass is 355 g/mol. The van der Waals surface area contributed by atoms with Crippen molar-refractivity contribution in [3.63, 3.8) is 0 Å². The summed E-state index contributed by atoms with van der Waals surface area (Å²) in [5, 5.41) is 8.47. The van der Waals surface area contributed by atoms with E-state index in [1.807, 2.05) is 35.9 Å². The van der Waals surface area contributed by atoms with Crippen LogP contribution in [-0.4, -0.2) is 45.7 Å². The van der Waals surface area contributed by atoms with Crippen molar-refractivity contribution in [2.24, 2.45) is 0 Å². The molecule has 25 heavy (non-hydrogen) atoms. The molecule has 0 radical (unpaired) electrons. The molecule has 2 aromatic heterocycles. The van der Waals surface area contributed by atoms with Crippen molar-refractivity contribution in [3.05, 3.63) is 41.0 Å². The van der Waals surface area contributed by atoms with Crippen LogP contribution in [0.4, 0.5) is 5.82 Å². The van der Waals surface area contributed by atoms with E-state index in [0.29, 0.717) is 11.6 Å². The Balaban J connectivity index is 1.53. The van der Waals surface area contributed by atoms with E-state index in [9.17, 15) is 4.79 Å². The van der Waals surface area contributed by atoms with Crippen LogP contribution >= 0.6 is 11.3 Å². The van der Waals surface area contributed by atoms with Crippen molar-refractivity contribution in [2.45, 2.75) is 25.8 Å². The minimum absolute atomic E-state index is 0.109. The number of rotatable bonds is 3. The average Bonchev–Trinajstić information content (AvgIpc) is 3.20. The molecule has 6 nitrogen and oxygen atoms in total. The number of thiazole rings is 1. The molecule has 0 saturated carbocycles. The molecular weight excluding hydrogens is 334 g/mol. The summed E-state index contributed by atoms with van der Waals surface area (Å²) < 4.78 is 2.99. The Morgan fingerprint density at radius 3 is 2.88 bits per heavy atom. The second-order valence-corrected chi connectivity index (χ2v) is 7.80. The van der Waals surface area contributed by atoms with Gasteiger partial charge in [0, 0.05) is 11.6 Å². The molecule has 3 heterocycles. The van der Waals surface area contributed by atoms with Crippen LogP contribution in [-0.2, 0) is 0 Å². The standard InChI is InChI=1S/C18H21N5OS/c1-12-20-15-4-3-13(11-16(15)25-12)18(24)21-17-5-8-19-23(17)14-6-9-22(2)10-7-14/h3-5,8,11,14H,6-7,9-10H2,1-2H3,(H,21,24). The number of likely N-dealkylation sites (tertiary alicyclic amines) is 1. The summed E-state index contributed by atoms with van der Waals surface area (Å²) in [6.45, 7) is 4.09. The highest BCUT2D eigenvalue weighted by Gasteiger charge is 2.21. The minimum Gasteiger partial charge on any atom is -0.307 e. The summed E-state index contributed by atoms with van der Waals surface area (Å²) in [5.41, 5.74) is 1.59. The lowest BCUT2D eigenvalue weighted by atomic mass is 10.1. The number of piperidine rings is 1. The summed E-state index contributed by atoms with van der Waals surface area (Å²) in [6.07, 6.45) is 3.85. The molecule has 1 aliphatic heterocycles. The molecular formula is C18H21N5OS.